The number of amides is 2. The first-order valence-corrected chi connectivity index (χ1v) is 9.87. The van der Waals surface area contributed by atoms with Gasteiger partial charge in [0, 0.05) is 37.1 Å². The molecule has 26 heavy (non-hydrogen) atoms. The van der Waals surface area contributed by atoms with E-state index < -0.39 is 0 Å². The molecule has 5 nitrogen and oxygen atoms in total. The Morgan fingerprint density at radius 3 is 2.73 bits per heavy atom. The lowest BCUT2D eigenvalue weighted by molar-refractivity contribution is -0.122. The molecule has 2 atom stereocenters. The van der Waals surface area contributed by atoms with Gasteiger partial charge in [0.1, 0.15) is 0 Å². The van der Waals surface area contributed by atoms with Crippen LogP contribution in [-0.4, -0.2) is 31.4 Å². The van der Waals surface area contributed by atoms with Crippen LogP contribution >= 0.6 is 11.3 Å². The first kappa shape index (κ1) is 18.5. The van der Waals surface area contributed by atoms with Gasteiger partial charge in [0.2, 0.25) is 11.8 Å². The molecule has 6 heteroatoms. The number of hydrogen-bond acceptors (Lipinski definition) is 4. The van der Waals surface area contributed by atoms with Gasteiger partial charge in [-0.25, -0.2) is 0 Å². The largest absolute Gasteiger partial charge is 0.371 e. The van der Waals surface area contributed by atoms with E-state index in [0.29, 0.717) is 12.5 Å². The van der Waals surface area contributed by atoms with Gasteiger partial charge in [0.05, 0.1) is 12.5 Å². The molecule has 1 aliphatic rings. The Bertz CT molecular complexity index is 718. The van der Waals surface area contributed by atoms with Gasteiger partial charge in [0.25, 0.3) is 0 Å². The zero-order chi connectivity index (χ0) is 18.4. The highest BCUT2D eigenvalue weighted by Gasteiger charge is 2.24. The number of carbonyl (C=O) groups is 2. The number of carbonyl (C=O) groups excluding carboxylic acids is 2. The van der Waals surface area contributed by atoms with E-state index in [0.717, 1.165) is 24.4 Å². The average Bonchev–Trinajstić information content (AvgIpc) is 3.32. The molecule has 2 heterocycles. The molecule has 2 amide bonds. The summed E-state index contributed by atoms with van der Waals surface area (Å²) < 4.78 is 0. The fraction of sp³-hybridized carbons (Fsp3) is 0.400. The van der Waals surface area contributed by atoms with E-state index in [-0.39, 0.29) is 24.3 Å². The fourth-order valence-corrected chi connectivity index (χ4v) is 4.12. The van der Waals surface area contributed by atoms with Crippen molar-refractivity contribution in [3.63, 3.8) is 0 Å². The van der Waals surface area contributed by atoms with Crippen LogP contribution in [0, 0.1) is 5.92 Å². The molecule has 0 spiro atoms. The molecule has 2 N–H and O–H groups in total. The van der Waals surface area contributed by atoms with Crippen LogP contribution in [-0.2, 0) is 9.59 Å². The summed E-state index contributed by atoms with van der Waals surface area (Å²) in [5, 5.41) is 7.88. The normalized spacial score (nSPS) is 17.7. The second kappa shape index (κ2) is 8.85. The monoisotopic (exact) mass is 371 g/mol. The first-order valence-electron chi connectivity index (χ1n) is 8.99. The Hall–Kier alpha value is -2.34. The minimum atomic E-state index is -0.253. The van der Waals surface area contributed by atoms with Crippen molar-refractivity contribution in [3.05, 3.63) is 52.7 Å². The molecule has 1 saturated heterocycles. The Labute approximate surface area is 158 Å². The van der Waals surface area contributed by atoms with Crippen molar-refractivity contribution >= 4 is 28.8 Å². The molecule has 1 aromatic heterocycles. The fourth-order valence-electron chi connectivity index (χ4n) is 3.35. The number of benzene rings is 1. The first-order chi connectivity index (χ1) is 12.6. The van der Waals surface area contributed by atoms with Gasteiger partial charge >= 0.3 is 0 Å². The van der Waals surface area contributed by atoms with Gasteiger partial charge in [-0.15, -0.1) is 11.3 Å². The lowest BCUT2D eigenvalue weighted by atomic mass is 10.1. The van der Waals surface area contributed by atoms with Crippen LogP contribution in [0.4, 0.5) is 5.69 Å². The van der Waals surface area contributed by atoms with Crippen molar-refractivity contribution in [2.75, 3.05) is 24.5 Å². The molecule has 1 aliphatic heterocycles. The second-order valence-electron chi connectivity index (χ2n) is 6.71. The Morgan fingerprint density at radius 2 is 2.04 bits per heavy atom. The van der Waals surface area contributed by atoms with E-state index in [1.165, 1.54) is 12.6 Å². The van der Waals surface area contributed by atoms with Crippen LogP contribution in [0.1, 0.15) is 30.7 Å². The van der Waals surface area contributed by atoms with Gasteiger partial charge in [-0.1, -0.05) is 24.3 Å². The van der Waals surface area contributed by atoms with E-state index >= 15 is 0 Å². The quantitative estimate of drug-likeness (QED) is 0.787. The third-order valence-electron chi connectivity index (χ3n) is 4.65. The summed E-state index contributed by atoms with van der Waals surface area (Å²) in [7, 11) is 0. The lowest BCUT2D eigenvalue weighted by Gasteiger charge is -2.19. The molecule has 0 bridgehead atoms. The van der Waals surface area contributed by atoms with Crippen molar-refractivity contribution in [1.82, 2.24) is 10.6 Å². The number of nitrogens with one attached hydrogen (secondary N) is 2. The van der Waals surface area contributed by atoms with Crippen LogP contribution in [0.15, 0.2) is 47.8 Å². The summed E-state index contributed by atoms with van der Waals surface area (Å²) in [6.07, 6.45) is 1.35. The Morgan fingerprint density at radius 1 is 1.23 bits per heavy atom. The predicted octanol–water partition coefficient (Wildman–Crippen LogP) is 2.96. The maximum absolute atomic E-state index is 12.4. The highest BCUT2D eigenvalue weighted by Crippen LogP contribution is 2.24. The highest BCUT2D eigenvalue weighted by atomic mass is 32.1. The summed E-state index contributed by atoms with van der Waals surface area (Å²) in [4.78, 5) is 27.2. The summed E-state index contributed by atoms with van der Waals surface area (Å²) in [6.45, 7) is 4.15. The van der Waals surface area contributed by atoms with E-state index in [1.54, 1.807) is 11.3 Å². The molecular weight excluding hydrogens is 346 g/mol. The minimum absolute atomic E-state index is 0.0182. The van der Waals surface area contributed by atoms with Crippen molar-refractivity contribution in [3.8, 4) is 0 Å². The molecule has 0 aliphatic carbocycles. The Balaban J connectivity index is 1.47. The van der Waals surface area contributed by atoms with Crippen LogP contribution in [0.5, 0.6) is 0 Å². The Kier molecular flexibility index (Phi) is 6.28. The standard InChI is InChI=1S/C20H25N3O2S/c1-15(24)22-18(19-8-5-11-26-19)12-20(25)21-13-16-9-10-23(14-16)17-6-3-2-4-7-17/h2-8,11,16,18H,9-10,12-14H2,1H3,(H,21,25)(H,22,24)/t16-,18+/m1/s1. The van der Waals surface area contributed by atoms with E-state index in [4.69, 9.17) is 0 Å². The third-order valence-corrected chi connectivity index (χ3v) is 5.63. The third kappa shape index (κ3) is 5.08. The van der Waals surface area contributed by atoms with E-state index in [1.807, 2.05) is 23.6 Å². The lowest BCUT2D eigenvalue weighted by Crippen LogP contribution is -2.35. The molecule has 0 radical (unpaired) electrons. The van der Waals surface area contributed by atoms with Gasteiger partial charge in [-0.05, 0) is 35.9 Å². The summed E-state index contributed by atoms with van der Waals surface area (Å²) in [5.41, 5.74) is 1.24. The van der Waals surface area contributed by atoms with Crippen molar-refractivity contribution in [2.45, 2.75) is 25.8 Å². The van der Waals surface area contributed by atoms with Gasteiger partial charge in [-0.3, -0.25) is 9.59 Å². The molecule has 0 unspecified atom stereocenters. The van der Waals surface area contributed by atoms with Crippen molar-refractivity contribution < 1.29 is 9.59 Å². The number of para-hydroxylation sites is 1. The predicted molar refractivity (Wildman–Crippen MR) is 105 cm³/mol. The number of nitrogens with zero attached hydrogens (tertiary/aromatic N) is 1. The molecular formula is C20H25N3O2S. The summed E-state index contributed by atoms with van der Waals surface area (Å²) in [5.74, 6) is 0.320. The van der Waals surface area contributed by atoms with Crippen molar-refractivity contribution in [1.29, 1.82) is 0 Å². The topological polar surface area (TPSA) is 61.4 Å². The SMILES string of the molecule is CC(=O)N[C@@H](CC(=O)NC[C@H]1CCN(c2ccccc2)C1)c1cccs1. The molecule has 138 valence electrons. The number of thiophene rings is 1. The number of rotatable bonds is 7. The summed E-state index contributed by atoms with van der Waals surface area (Å²) in [6, 6.07) is 14.0. The zero-order valence-corrected chi connectivity index (χ0v) is 15.8. The van der Waals surface area contributed by atoms with Crippen LogP contribution in [0.25, 0.3) is 0 Å². The van der Waals surface area contributed by atoms with Gasteiger partial charge < -0.3 is 15.5 Å². The summed E-state index contributed by atoms with van der Waals surface area (Å²) >= 11 is 1.55. The van der Waals surface area contributed by atoms with Crippen molar-refractivity contribution in [2.24, 2.45) is 5.92 Å². The maximum Gasteiger partial charge on any atom is 0.222 e. The van der Waals surface area contributed by atoms with Crippen LogP contribution in [0.2, 0.25) is 0 Å². The van der Waals surface area contributed by atoms with Gasteiger partial charge in [-0.2, -0.15) is 0 Å². The minimum Gasteiger partial charge on any atom is -0.371 e. The second-order valence-corrected chi connectivity index (χ2v) is 7.69. The van der Waals surface area contributed by atoms with E-state index in [9.17, 15) is 9.59 Å². The highest BCUT2D eigenvalue weighted by molar-refractivity contribution is 7.10. The number of anilines is 1. The molecule has 1 fully saturated rings. The van der Waals surface area contributed by atoms with E-state index in [2.05, 4.69) is 39.8 Å². The molecule has 0 saturated carbocycles. The maximum atomic E-state index is 12.4. The smallest absolute Gasteiger partial charge is 0.222 e. The molecule has 3 rings (SSSR count). The zero-order valence-electron chi connectivity index (χ0n) is 15.0. The van der Waals surface area contributed by atoms with Crippen LogP contribution < -0.4 is 15.5 Å². The molecule has 2 aromatic rings. The molecule has 1 aromatic carbocycles. The number of hydrogen-bond donors (Lipinski definition) is 2. The van der Waals surface area contributed by atoms with Crippen LogP contribution in [0.3, 0.4) is 0 Å². The van der Waals surface area contributed by atoms with Gasteiger partial charge in [0.15, 0.2) is 0 Å². The average molecular weight is 372 g/mol.